The van der Waals surface area contributed by atoms with Crippen LogP contribution < -0.4 is 4.74 Å². The van der Waals surface area contributed by atoms with Gasteiger partial charge in [0.2, 0.25) is 5.05 Å². The van der Waals surface area contributed by atoms with Gasteiger partial charge in [-0.1, -0.05) is 24.3 Å². The Kier molecular flexibility index (Phi) is 5.02. The van der Waals surface area contributed by atoms with Gasteiger partial charge in [-0.25, -0.2) is 4.79 Å². The summed E-state index contributed by atoms with van der Waals surface area (Å²) in [5.41, 5.74) is 1.42. The van der Waals surface area contributed by atoms with Gasteiger partial charge in [0.25, 0.3) is 10.3 Å². The normalized spacial score (nSPS) is 10.1. The van der Waals surface area contributed by atoms with Gasteiger partial charge in [0, 0.05) is 12.5 Å². The highest BCUT2D eigenvalue weighted by Crippen LogP contribution is 2.24. The van der Waals surface area contributed by atoms with Gasteiger partial charge in [-0.3, -0.25) is 0 Å². The minimum Gasteiger partial charge on any atom is -0.507 e. The standard InChI is InChI=1S/C16H14O6S/c1-10-4-2-3-5-11(10)8-15(23(20)21)22-12-6-7-13(16(18)19)14(17)9-12/h2-7,9,17H,8H2,1H3,(H,18,19). The molecule has 0 unspecified atom stereocenters. The van der Waals surface area contributed by atoms with E-state index in [-0.39, 0.29) is 22.8 Å². The van der Waals surface area contributed by atoms with Crippen molar-refractivity contribution >= 4 is 21.3 Å². The lowest BCUT2D eigenvalue weighted by molar-refractivity contribution is 0.0693. The van der Waals surface area contributed by atoms with Crippen molar-refractivity contribution in [3.63, 3.8) is 0 Å². The highest BCUT2D eigenvalue weighted by molar-refractivity contribution is 7.72. The number of phenols is 1. The molecule has 0 saturated carbocycles. The molecule has 2 N–H and O–H groups in total. The number of aromatic carboxylic acids is 1. The summed E-state index contributed by atoms with van der Waals surface area (Å²) in [5.74, 6) is -1.74. The number of carboxylic acid groups (broad SMARTS) is 1. The number of carboxylic acids is 1. The fourth-order valence-corrected chi connectivity index (χ4v) is 2.42. The summed E-state index contributed by atoms with van der Waals surface area (Å²) < 4.78 is 28.0. The van der Waals surface area contributed by atoms with E-state index in [9.17, 15) is 18.3 Å². The van der Waals surface area contributed by atoms with Crippen LogP contribution in [-0.4, -0.2) is 29.7 Å². The first kappa shape index (κ1) is 16.6. The van der Waals surface area contributed by atoms with Crippen LogP contribution in [0.5, 0.6) is 11.5 Å². The second-order valence-electron chi connectivity index (χ2n) is 4.80. The predicted molar refractivity (Wildman–Crippen MR) is 84.5 cm³/mol. The molecule has 2 aromatic carbocycles. The topological polar surface area (TPSA) is 101 Å². The summed E-state index contributed by atoms with van der Waals surface area (Å²) in [6.07, 6.45) is 0.0598. The number of ether oxygens (including phenoxy) is 1. The summed E-state index contributed by atoms with van der Waals surface area (Å²) in [6, 6.07) is 10.8. The minimum absolute atomic E-state index is 0.0419. The molecule has 0 aliphatic rings. The Labute approximate surface area is 134 Å². The molecule has 0 aliphatic carbocycles. The highest BCUT2D eigenvalue weighted by Gasteiger charge is 2.13. The van der Waals surface area contributed by atoms with Crippen molar-refractivity contribution in [3.8, 4) is 11.5 Å². The molecule has 7 heteroatoms. The van der Waals surface area contributed by atoms with Crippen molar-refractivity contribution in [2.75, 3.05) is 0 Å². The quantitative estimate of drug-likeness (QED) is 0.830. The number of benzene rings is 2. The first-order valence-corrected chi connectivity index (χ1v) is 7.69. The van der Waals surface area contributed by atoms with Crippen LogP contribution in [0.3, 0.4) is 0 Å². The number of carbonyl (C=O) groups is 1. The SMILES string of the molecule is Cc1ccccc1CC(Oc1ccc(C(=O)O)c(O)c1)=S(=O)=O. The Morgan fingerprint density at radius 3 is 2.43 bits per heavy atom. The van der Waals surface area contributed by atoms with E-state index in [1.165, 1.54) is 6.07 Å². The van der Waals surface area contributed by atoms with Gasteiger partial charge >= 0.3 is 5.97 Å². The summed E-state index contributed by atoms with van der Waals surface area (Å²) >= 11 is 0. The number of aryl methyl sites for hydroxylation is 1. The van der Waals surface area contributed by atoms with Gasteiger partial charge < -0.3 is 14.9 Å². The fourth-order valence-electron chi connectivity index (χ4n) is 1.98. The summed E-state index contributed by atoms with van der Waals surface area (Å²) in [4.78, 5) is 10.8. The van der Waals surface area contributed by atoms with Gasteiger partial charge in [-0.05, 0) is 30.2 Å². The third-order valence-electron chi connectivity index (χ3n) is 3.21. The molecule has 0 atom stereocenters. The van der Waals surface area contributed by atoms with Crippen molar-refractivity contribution in [2.45, 2.75) is 13.3 Å². The molecule has 23 heavy (non-hydrogen) atoms. The number of aromatic hydroxyl groups is 1. The Balaban J connectivity index is 2.29. The van der Waals surface area contributed by atoms with E-state index >= 15 is 0 Å². The van der Waals surface area contributed by atoms with Crippen LogP contribution in [0.4, 0.5) is 0 Å². The lowest BCUT2D eigenvalue weighted by Crippen LogP contribution is -2.14. The number of hydrogen-bond acceptors (Lipinski definition) is 5. The Bertz CT molecular complexity index is 875. The van der Waals surface area contributed by atoms with E-state index in [1.54, 1.807) is 12.1 Å². The minimum atomic E-state index is -2.59. The Hall–Kier alpha value is -2.80. The van der Waals surface area contributed by atoms with Crippen molar-refractivity contribution in [1.29, 1.82) is 0 Å². The third-order valence-corrected chi connectivity index (χ3v) is 3.81. The molecular weight excluding hydrogens is 320 g/mol. The Morgan fingerprint density at radius 1 is 1.17 bits per heavy atom. The number of hydrogen-bond donors (Lipinski definition) is 2. The monoisotopic (exact) mass is 334 g/mol. The van der Waals surface area contributed by atoms with Crippen LogP contribution in [-0.2, 0) is 16.7 Å². The summed E-state index contributed by atoms with van der Waals surface area (Å²) in [7, 11) is -2.59. The lowest BCUT2D eigenvalue weighted by Gasteiger charge is -2.09. The number of rotatable bonds is 4. The zero-order valence-corrected chi connectivity index (χ0v) is 13.0. The lowest BCUT2D eigenvalue weighted by atomic mass is 10.1. The van der Waals surface area contributed by atoms with E-state index in [1.807, 2.05) is 19.1 Å². The Morgan fingerprint density at radius 2 is 1.87 bits per heavy atom. The van der Waals surface area contributed by atoms with Crippen molar-refractivity contribution in [2.24, 2.45) is 0 Å². The molecule has 0 radical (unpaired) electrons. The fraction of sp³-hybridized carbons (Fsp3) is 0.125. The van der Waals surface area contributed by atoms with Gasteiger partial charge in [-0.15, -0.1) is 0 Å². The smallest absolute Gasteiger partial charge is 0.339 e. The zero-order valence-electron chi connectivity index (χ0n) is 12.2. The molecule has 0 heterocycles. The molecule has 0 aliphatic heterocycles. The van der Waals surface area contributed by atoms with Crippen LogP contribution in [0.25, 0.3) is 0 Å². The van der Waals surface area contributed by atoms with Crippen molar-refractivity contribution in [3.05, 3.63) is 59.2 Å². The first-order valence-electron chi connectivity index (χ1n) is 6.62. The second kappa shape index (κ2) is 6.97. The molecule has 120 valence electrons. The maximum absolute atomic E-state index is 11.4. The molecule has 2 aromatic rings. The third kappa shape index (κ3) is 4.10. The molecule has 6 nitrogen and oxygen atoms in total. The molecule has 2 rings (SSSR count). The van der Waals surface area contributed by atoms with Crippen molar-refractivity contribution < 1.29 is 28.2 Å². The van der Waals surface area contributed by atoms with Gasteiger partial charge in [-0.2, -0.15) is 8.42 Å². The van der Waals surface area contributed by atoms with Crippen molar-refractivity contribution in [1.82, 2.24) is 0 Å². The molecule has 0 aromatic heterocycles. The first-order chi connectivity index (χ1) is 10.9. The van der Waals surface area contributed by atoms with Crippen LogP contribution in [0.15, 0.2) is 42.5 Å². The van der Waals surface area contributed by atoms with Crippen LogP contribution in [0, 0.1) is 6.92 Å². The van der Waals surface area contributed by atoms with E-state index < -0.39 is 22.0 Å². The van der Waals surface area contributed by atoms with Gasteiger partial charge in [0.15, 0.2) is 0 Å². The van der Waals surface area contributed by atoms with Gasteiger partial charge in [0.05, 0.1) is 0 Å². The van der Waals surface area contributed by atoms with Crippen LogP contribution in [0.2, 0.25) is 0 Å². The highest BCUT2D eigenvalue weighted by atomic mass is 32.2. The molecule has 0 spiro atoms. The summed E-state index contributed by atoms with van der Waals surface area (Å²) in [5, 5.41) is 18.2. The molecule has 0 saturated heterocycles. The molecule has 0 amide bonds. The summed E-state index contributed by atoms with van der Waals surface area (Å²) in [6.45, 7) is 1.86. The molecule has 0 bridgehead atoms. The van der Waals surface area contributed by atoms with E-state index in [2.05, 4.69) is 0 Å². The maximum atomic E-state index is 11.4. The zero-order chi connectivity index (χ0) is 17.0. The molecular formula is C16H14O6S. The van der Waals surface area contributed by atoms with E-state index in [0.717, 1.165) is 23.3 Å². The van der Waals surface area contributed by atoms with Gasteiger partial charge in [0.1, 0.15) is 17.1 Å². The van der Waals surface area contributed by atoms with E-state index in [4.69, 9.17) is 9.84 Å². The predicted octanol–water partition coefficient (Wildman–Crippen LogP) is 2.03. The van der Waals surface area contributed by atoms with Crippen LogP contribution >= 0.6 is 0 Å². The largest absolute Gasteiger partial charge is 0.507 e. The van der Waals surface area contributed by atoms with E-state index in [0.29, 0.717) is 0 Å². The average molecular weight is 334 g/mol. The second-order valence-corrected chi connectivity index (χ2v) is 5.72. The average Bonchev–Trinajstić information content (AvgIpc) is 2.48. The van der Waals surface area contributed by atoms with Crippen LogP contribution in [0.1, 0.15) is 21.5 Å². The molecule has 0 fully saturated rings. The maximum Gasteiger partial charge on any atom is 0.339 e.